The van der Waals surface area contributed by atoms with Gasteiger partial charge in [-0.2, -0.15) is 5.26 Å². The predicted octanol–water partition coefficient (Wildman–Crippen LogP) is 4.61. The van der Waals surface area contributed by atoms with E-state index in [1.54, 1.807) is 24.3 Å². The minimum Gasteiger partial charge on any atom is -0.479 e. The molecule has 0 aliphatic carbocycles. The van der Waals surface area contributed by atoms with Gasteiger partial charge in [-0.3, -0.25) is 4.79 Å². The van der Waals surface area contributed by atoms with Crippen molar-refractivity contribution in [2.75, 3.05) is 6.61 Å². The molecule has 3 heteroatoms. The minimum absolute atomic E-state index is 0.0230. The lowest BCUT2D eigenvalue weighted by Gasteiger charge is -2.05. The number of ether oxygens (including phenoxy) is 1. The fourth-order valence-corrected chi connectivity index (χ4v) is 2.09. The van der Waals surface area contributed by atoms with Gasteiger partial charge in [-0.1, -0.05) is 56.3 Å². The third-order valence-electron chi connectivity index (χ3n) is 3.47. The van der Waals surface area contributed by atoms with E-state index in [9.17, 15) is 4.79 Å². The van der Waals surface area contributed by atoms with Crippen LogP contribution in [0.15, 0.2) is 54.6 Å². The second-order valence-electron chi connectivity index (χ2n) is 5.49. The van der Waals surface area contributed by atoms with E-state index in [1.165, 1.54) is 5.56 Å². The van der Waals surface area contributed by atoms with Gasteiger partial charge in [-0.15, -0.1) is 0 Å². The molecule has 0 fully saturated rings. The zero-order valence-corrected chi connectivity index (χ0v) is 13.3. The Kier molecular flexibility index (Phi) is 5.71. The number of carbonyl (C=O) groups is 1. The quantitative estimate of drug-likeness (QED) is 0.578. The summed E-state index contributed by atoms with van der Waals surface area (Å²) in [5.74, 6) is 1.07. The van der Waals surface area contributed by atoms with Gasteiger partial charge in [-0.05, 0) is 35.3 Å². The van der Waals surface area contributed by atoms with Crippen LogP contribution in [0.2, 0.25) is 0 Å². The van der Waals surface area contributed by atoms with Crippen molar-refractivity contribution in [2.45, 2.75) is 19.8 Å². The third-order valence-corrected chi connectivity index (χ3v) is 3.47. The van der Waals surface area contributed by atoms with Gasteiger partial charge in [0, 0.05) is 5.56 Å². The van der Waals surface area contributed by atoms with Gasteiger partial charge in [0.15, 0.2) is 12.4 Å². The van der Waals surface area contributed by atoms with E-state index in [4.69, 9.17) is 10.00 Å². The van der Waals surface area contributed by atoms with E-state index in [0.717, 1.165) is 5.56 Å². The Bertz CT molecular complexity index is 720. The van der Waals surface area contributed by atoms with Crippen LogP contribution in [0.4, 0.5) is 0 Å². The minimum atomic E-state index is -0.0230. The number of hydrogen-bond acceptors (Lipinski definition) is 3. The summed E-state index contributed by atoms with van der Waals surface area (Å²) in [6.45, 7) is 4.28. The number of allylic oxidation sites excluding steroid dienone is 1. The number of carbonyl (C=O) groups excluding carboxylic acids is 1. The first-order valence-corrected chi connectivity index (χ1v) is 7.52. The van der Waals surface area contributed by atoms with Crippen LogP contribution in [-0.4, -0.2) is 12.4 Å². The highest BCUT2D eigenvalue weighted by atomic mass is 16.5. The van der Waals surface area contributed by atoms with Gasteiger partial charge < -0.3 is 4.74 Å². The highest BCUT2D eigenvalue weighted by Crippen LogP contribution is 2.16. The molecule has 2 aromatic rings. The molecule has 0 heterocycles. The van der Waals surface area contributed by atoms with Crippen molar-refractivity contribution in [1.29, 1.82) is 5.26 Å². The number of nitrogens with zero attached hydrogens (tertiary/aromatic N) is 1. The fourth-order valence-electron chi connectivity index (χ4n) is 2.09. The van der Waals surface area contributed by atoms with E-state index in [0.29, 0.717) is 17.2 Å². The zero-order valence-electron chi connectivity index (χ0n) is 13.3. The van der Waals surface area contributed by atoms with Crippen LogP contribution < -0.4 is 4.74 Å². The number of nitriles is 1. The first-order valence-electron chi connectivity index (χ1n) is 7.52. The number of hydrogen-bond donors (Lipinski definition) is 0. The lowest BCUT2D eigenvalue weighted by Crippen LogP contribution is -1.95. The maximum absolute atomic E-state index is 12.2. The molecule has 0 spiro atoms. The lowest BCUT2D eigenvalue weighted by atomic mass is 10.0. The number of ketones is 1. The summed E-state index contributed by atoms with van der Waals surface area (Å²) < 4.78 is 5.18. The summed E-state index contributed by atoms with van der Waals surface area (Å²) in [5.41, 5.74) is 2.81. The van der Waals surface area contributed by atoms with Crippen molar-refractivity contribution in [1.82, 2.24) is 0 Å². The van der Waals surface area contributed by atoms with Crippen LogP contribution >= 0.6 is 0 Å². The van der Waals surface area contributed by atoms with Crippen LogP contribution in [-0.2, 0) is 0 Å². The molecule has 0 radical (unpaired) electrons. The molecule has 0 aliphatic heterocycles. The van der Waals surface area contributed by atoms with Gasteiger partial charge in [0.05, 0.1) is 0 Å². The van der Waals surface area contributed by atoms with Crippen LogP contribution in [0.1, 0.15) is 41.3 Å². The molecule has 0 aliphatic rings. The van der Waals surface area contributed by atoms with Gasteiger partial charge in [0.1, 0.15) is 11.8 Å². The first-order chi connectivity index (χ1) is 11.1. The molecule has 2 rings (SSSR count). The summed E-state index contributed by atoms with van der Waals surface area (Å²) in [6.07, 6.45) is 3.34. The van der Waals surface area contributed by atoms with Crippen LogP contribution in [0.25, 0.3) is 6.08 Å². The lowest BCUT2D eigenvalue weighted by molar-refractivity contribution is 0.104. The molecular weight excluding hydrogens is 286 g/mol. The second-order valence-corrected chi connectivity index (χ2v) is 5.49. The number of rotatable bonds is 6. The summed E-state index contributed by atoms with van der Waals surface area (Å²) in [7, 11) is 0. The van der Waals surface area contributed by atoms with Gasteiger partial charge in [0.2, 0.25) is 0 Å². The summed E-state index contributed by atoms with van der Waals surface area (Å²) in [5, 5.41) is 8.46. The summed E-state index contributed by atoms with van der Waals surface area (Å²) >= 11 is 0. The maximum atomic E-state index is 12.2. The highest BCUT2D eigenvalue weighted by Gasteiger charge is 2.03. The van der Waals surface area contributed by atoms with Crippen molar-refractivity contribution < 1.29 is 9.53 Å². The first kappa shape index (κ1) is 16.5. The van der Waals surface area contributed by atoms with Gasteiger partial charge >= 0.3 is 0 Å². The van der Waals surface area contributed by atoms with Crippen molar-refractivity contribution in [2.24, 2.45) is 0 Å². The Morgan fingerprint density at radius 3 is 2.35 bits per heavy atom. The Hall–Kier alpha value is -2.86. The standard InChI is InChI=1S/C20H19NO2/c1-15(2)17-6-8-18(9-7-17)20(22)12-5-16-3-10-19(11-4-16)23-14-13-21/h3-12,15H,14H2,1-2H3/b12-5+. The molecule has 0 amide bonds. The Labute approximate surface area is 136 Å². The average molecular weight is 305 g/mol. The van der Waals surface area contributed by atoms with E-state index in [-0.39, 0.29) is 12.4 Å². The SMILES string of the molecule is CC(C)c1ccc(C(=O)/C=C/c2ccc(OCC#N)cc2)cc1. The molecule has 23 heavy (non-hydrogen) atoms. The van der Waals surface area contributed by atoms with Crippen LogP contribution in [0.5, 0.6) is 5.75 Å². The molecule has 2 aromatic carbocycles. The zero-order chi connectivity index (χ0) is 16.7. The van der Waals surface area contributed by atoms with Gasteiger partial charge in [0.25, 0.3) is 0 Å². The van der Waals surface area contributed by atoms with Crippen LogP contribution in [0.3, 0.4) is 0 Å². The average Bonchev–Trinajstić information content (AvgIpc) is 2.58. The molecule has 0 bridgehead atoms. The van der Waals surface area contributed by atoms with Crippen molar-refractivity contribution in [3.05, 3.63) is 71.3 Å². The highest BCUT2D eigenvalue weighted by molar-refractivity contribution is 6.06. The molecule has 0 saturated carbocycles. The van der Waals surface area contributed by atoms with Crippen LogP contribution in [0, 0.1) is 11.3 Å². The molecule has 116 valence electrons. The second kappa shape index (κ2) is 7.95. The molecule has 3 nitrogen and oxygen atoms in total. The third kappa shape index (κ3) is 4.82. The van der Waals surface area contributed by atoms with Crippen molar-refractivity contribution in [3.63, 3.8) is 0 Å². The smallest absolute Gasteiger partial charge is 0.185 e. The molecule has 0 atom stereocenters. The maximum Gasteiger partial charge on any atom is 0.185 e. The molecule has 0 aromatic heterocycles. The normalized spacial score (nSPS) is 10.7. The van der Waals surface area contributed by atoms with E-state index in [1.807, 2.05) is 42.5 Å². The summed E-state index contributed by atoms with van der Waals surface area (Å²) in [4.78, 5) is 12.2. The molecule has 0 unspecified atom stereocenters. The Morgan fingerprint density at radius 2 is 1.78 bits per heavy atom. The largest absolute Gasteiger partial charge is 0.479 e. The van der Waals surface area contributed by atoms with E-state index >= 15 is 0 Å². The molecular formula is C20H19NO2. The van der Waals surface area contributed by atoms with Crippen molar-refractivity contribution >= 4 is 11.9 Å². The predicted molar refractivity (Wildman–Crippen MR) is 91.4 cm³/mol. The Morgan fingerprint density at radius 1 is 1.13 bits per heavy atom. The summed E-state index contributed by atoms with van der Waals surface area (Å²) in [6, 6.07) is 16.9. The Balaban J connectivity index is 2.01. The van der Waals surface area contributed by atoms with E-state index in [2.05, 4.69) is 13.8 Å². The van der Waals surface area contributed by atoms with Gasteiger partial charge in [-0.25, -0.2) is 0 Å². The molecule has 0 N–H and O–H groups in total. The fraction of sp³-hybridized carbons (Fsp3) is 0.200. The van der Waals surface area contributed by atoms with Crippen molar-refractivity contribution in [3.8, 4) is 11.8 Å². The molecule has 0 saturated heterocycles. The van der Waals surface area contributed by atoms with E-state index < -0.39 is 0 Å². The number of benzene rings is 2. The topological polar surface area (TPSA) is 50.1 Å². The monoisotopic (exact) mass is 305 g/mol.